The summed E-state index contributed by atoms with van der Waals surface area (Å²) in [5, 5.41) is 4.72. The minimum Gasteiger partial charge on any atom is -0.382 e. The molecule has 34 heavy (non-hydrogen) atoms. The molecule has 0 radical (unpaired) electrons. The molecular formula is C17H26N6O10S. The Morgan fingerprint density at radius 3 is 2.68 bits per heavy atom. The van der Waals surface area contributed by atoms with E-state index in [2.05, 4.69) is 19.9 Å². The maximum absolute atomic E-state index is 12.9. The van der Waals surface area contributed by atoms with Gasteiger partial charge >= 0.3 is 22.4 Å². The van der Waals surface area contributed by atoms with E-state index >= 15 is 0 Å². The first-order valence-electron chi connectivity index (χ1n) is 10.0. The molecule has 0 unspecified atom stereocenters. The van der Waals surface area contributed by atoms with Crippen molar-refractivity contribution in [3.63, 3.8) is 0 Å². The third kappa shape index (κ3) is 5.80. The lowest BCUT2D eigenvalue weighted by atomic mass is 9.97. The number of urea groups is 1. The van der Waals surface area contributed by atoms with Gasteiger partial charge in [-0.15, -0.1) is 4.28 Å². The quantitative estimate of drug-likeness (QED) is 0.120. The molecule has 16 nitrogen and oxygen atoms in total. The van der Waals surface area contributed by atoms with Gasteiger partial charge in [-0.3, -0.25) is 14.2 Å². The van der Waals surface area contributed by atoms with E-state index in [0.29, 0.717) is 29.5 Å². The standard InChI is InChI=1S/C17H26N6O10S/c1-18-16(20-32-13(24)10-31-7-6-30-5-4-29-3)15-14-11(8-19-21(14)2)12-9-22(15)17(25)23(12)33-34(26,27)28/h8,12,15H,4-7,9-10H2,1-3H3,(H,18,20)(H,26,27,28)/t12-,15-/m0/s1. The van der Waals surface area contributed by atoms with Crippen LogP contribution in [0.2, 0.25) is 0 Å². The normalized spacial score (nSPS) is 20.0. The van der Waals surface area contributed by atoms with Gasteiger partial charge in [0, 0.05) is 26.8 Å². The summed E-state index contributed by atoms with van der Waals surface area (Å²) in [6, 6.07) is -2.58. The highest BCUT2D eigenvalue weighted by molar-refractivity contribution is 7.80. The van der Waals surface area contributed by atoms with E-state index < -0.39 is 34.5 Å². The lowest BCUT2D eigenvalue weighted by Gasteiger charge is -2.31. The number of rotatable bonds is 11. The molecule has 17 heteroatoms. The van der Waals surface area contributed by atoms with E-state index in [1.807, 2.05) is 0 Å². The smallest absolute Gasteiger partial charge is 0.382 e. The van der Waals surface area contributed by atoms with Crippen LogP contribution in [-0.4, -0.2) is 104 Å². The average molecular weight is 506 g/mol. The third-order valence-electron chi connectivity index (χ3n) is 5.00. The number of amidine groups is 1. The molecule has 0 aromatic carbocycles. The van der Waals surface area contributed by atoms with Crippen molar-refractivity contribution in [2.45, 2.75) is 12.1 Å². The number of carbonyl (C=O) groups excluding carboxylic acids is 2. The van der Waals surface area contributed by atoms with Crippen LogP contribution in [0.25, 0.3) is 0 Å². The Labute approximate surface area is 195 Å². The monoisotopic (exact) mass is 506 g/mol. The summed E-state index contributed by atoms with van der Waals surface area (Å²) in [5.74, 6) is -0.678. The van der Waals surface area contributed by atoms with Crippen LogP contribution < -0.4 is 5.48 Å². The first kappa shape index (κ1) is 25.8. The summed E-state index contributed by atoms with van der Waals surface area (Å²) in [6.45, 7) is 0.949. The topological polar surface area (TPSA) is 183 Å². The summed E-state index contributed by atoms with van der Waals surface area (Å²) in [4.78, 5) is 35.3. The number of hydroxylamine groups is 3. The van der Waals surface area contributed by atoms with Crippen LogP contribution in [-0.2, 0) is 45.6 Å². The zero-order valence-corrected chi connectivity index (χ0v) is 19.6. The molecule has 1 fully saturated rings. The van der Waals surface area contributed by atoms with Crippen LogP contribution in [0.3, 0.4) is 0 Å². The first-order chi connectivity index (χ1) is 16.2. The molecule has 2 amide bonds. The Hall–Kier alpha value is -2.83. The second-order valence-electron chi connectivity index (χ2n) is 7.13. The SMILES string of the molecule is CN=C(NOC(=O)COCCOCCOC)[C@@H]1c2c(cnn2C)[C@@H]2CN1C(=O)N2OS(=O)(=O)O. The molecule has 2 atom stereocenters. The fourth-order valence-electron chi connectivity index (χ4n) is 3.58. The number of fused-ring (bicyclic) bond motifs is 4. The molecule has 2 aliphatic heterocycles. The van der Waals surface area contributed by atoms with Gasteiger partial charge in [0.2, 0.25) is 0 Å². The summed E-state index contributed by atoms with van der Waals surface area (Å²) in [7, 11) is -0.356. The number of aryl methyl sites for hydroxylation is 1. The fraction of sp³-hybridized carbons (Fsp3) is 0.647. The number of amides is 2. The molecule has 2 aliphatic rings. The van der Waals surface area contributed by atoms with Gasteiger partial charge in [0.1, 0.15) is 18.7 Å². The first-order valence-corrected chi connectivity index (χ1v) is 11.4. The summed E-state index contributed by atoms with van der Waals surface area (Å²) >= 11 is 0. The molecule has 2 bridgehead atoms. The number of aliphatic imine (C=N–C) groups is 1. The van der Waals surface area contributed by atoms with Crippen LogP contribution >= 0.6 is 0 Å². The van der Waals surface area contributed by atoms with Gasteiger partial charge in [-0.05, 0) is 0 Å². The molecule has 0 saturated carbocycles. The number of carbonyl (C=O) groups is 2. The predicted molar refractivity (Wildman–Crippen MR) is 111 cm³/mol. The summed E-state index contributed by atoms with van der Waals surface area (Å²) in [6.07, 6.45) is 1.45. The van der Waals surface area contributed by atoms with Gasteiger partial charge in [0.15, 0.2) is 5.84 Å². The number of nitrogens with one attached hydrogen (secondary N) is 1. The average Bonchev–Trinajstić information content (AvgIpc) is 3.28. The molecule has 2 N–H and O–H groups in total. The van der Waals surface area contributed by atoms with Crippen molar-refractivity contribution in [3.8, 4) is 0 Å². The van der Waals surface area contributed by atoms with E-state index in [0.717, 1.165) is 0 Å². The Balaban J connectivity index is 1.64. The highest BCUT2D eigenvalue weighted by Gasteiger charge is 2.53. The van der Waals surface area contributed by atoms with Gasteiger partial charge in [0.05, 0.1) is 44.9 Å². The van der Waals surface area contributed by atoms with Crippen LogP contribution in [0.15, 0.2) is 11.2 Å². The molecule has 0 spiro atoms. The van der Waals surface area contributed by atoms with Crippen molar-refractivity contribution >= 4 is 28.2 Å². The van der Waals surface area contributed by atoms with E-state index in [9.17, 15) is 18.0 Å². The van der Waals surface area contributed by atoms with E-state index in [-0.39, 0.29) is 32.2 Å². The zero-order valence-electron chi connectivity index (χ0n) is 18.7. The van der Waals surface area contributed by atoms with Gasteiger partial charge in [0.25, 0.3) is 0 Å². The number of methoxy groups -OCH3 is 1. The van der Waals surface area contributed by atoms with Crippen LogP contribution in [0.4, 0.5) is 4.79 Å². The Kier molecular flexibility index (Phi) is 8.39. The van der Waals surface area contributed by atoms with Crippen molar-refractivity contribution in [3.05, 3.63) is 17.5 Å². The van der Waals surface area contributed by atoms with E-state index in [1.54, 1.807) is 14.2 Å². The molecule has 3 rings (SSSR count). The van der Waals surface area contributed by atoms with Crippen molar-refractivity contribution in [1.29, 1.82) is 0 Å². The number of hydrogen-bond acceptors (Lipinski definition) is 11. The number of ether oxygens (including phenoxy) is 3. The number of aromatic nitrogens is 2. The van der Waals surface area contributed by atoms with Crippen LogP contribution in [0.1, 0.15) is 23.3 Å². The van der Waals surface area contributed by atoms with Gasteiger partial charge in [-0.25, -0.2) is 15.1 Å². The van der Waals surface area contributed by atoms with E-state index in [1.165, 1.54) is 22.8 Å². The number of hydrogen-bond donors (Lipinski definition) is 2. The van der Waals surface area contributed by atoms with Crippen molar-refractivity contribution in [1.82, 2.24) is 25.2 Å². The predicted octanol–water partition coefficient (Wildman–Crippen LogP) is -1.26. The second-order valence-corrected chi connectivity index (χ2v) is 8.14. The van der Waals surface area contributed by atoms with Gasteiger partial charge in [-0.2, -0.15) is 18.6 Å². The highest BCUT2D eigenvalue weighted by atomic mass is 32.3. The minimum absolute atomic E-state index is 0.0124. The lowest BCUT2D eigenvalue weighted by Crippen LogP contribution is -2.45. The van der Waals surface area contributed by atoms with Crippen molar-refractivity contribution < 1.29 is 45.9 Å². The molecular weight excluding hydrogens is 480 g/mol. The highest BCUT2D eigenvalue weighted by Crippen LogP contribution is 2.44. The fourth-order valence-corrected chi connectivity index (χ4v) is 3.96. The van der Waals surface area contributed by atoms with Crippen LogP contribution in [0.5, 0.6) is 0 Å². The van der Waals surface area contributed by atoms with Crippen molar-refractivity contribution in [2.75, 3.05) is 53.7 Å². The lowest BCUT2D eigenvalue weighted by molar-refractivity contribution is -0.153. The van der Waals surface area contributed by atoms with E-state index in [4.69, 9.17) is 23.6 Å². The van der Waals surface area contributed by atoms with Gasteiger partial charge < -0.3 is 23.9 Å². The number of nitrogens with zero attached hydrogens (tertiary/aromatic N) is 5. The Morgan fingerprint density at radius 2 is 2.00 bits per heavy atom. The molecule has 1 saturated heterocycles. The molecule has 1 aromatic heterocycles. The summed E-state index contributed by atoms with van der Waals surface area (Å²) < 4.78 is 52.8. The van der Waals surface area contributed by atoms with Crippen molar-refractivity contribution in [2.24, 2.45) is 12.0 Å². The second kappa shape index (κ2) is 11.1. The molecule has 0 aliphatic carbocycles. The Bertz CT molecular complexity index is 1030. The molecule has 1 aromatic rings. The maximum Gasteiger partial charge on any atom is 0.418 e. The maximum atomic E-state index is 12.9. The molecule has 3 heterocycles. The largest absolute Gasteiger partial charge is 0.418 e. The van der Waals surface area contributed by atoms with Crippen LogP contribution in [0, 0.1) is 0 Å². The minimum atomic E-state index is -4.95. The summed E-state index contributed by atoms with van der Waals surface area (Å²) in [5.41, 5.74) is 3.40. The third-order valence-corrected chi connectivity index (χ3v) is 5.35. The molecule has 190 valence electrons. The van der Waals surface area contributed by atoms with Gasteiger partial charge in [-0.1, -0.05) is 0 Å². The zero-order chi connectivity index (χ0) is 24.9. The Morgan fingerprint density at radius 1 is 1.29 bits per heavy atom.